The standard InChI is InChI=1S/C10H14/c1-4-6-7-8-9-10(3)5-2/h4-5H,1,6,9H2,2-3H3/b10-5-. The predicted octanol–water partition coefficient (Wildman–Crippen LogP) is 2.92. The fourth-order valence-electron chi connectivity index (χ4n) is 0.448. The summed E-state index contributed by atoms with van der Waals surface area (Å²) in [5, 5.41) is 0. The highest BCUT2D eigenvalue weighted by atomic mass is 13.8. The first-order chi connectivity index (χ1) is 4.81. The summed E-state index contributed by atoms with van der Waals surface area (Å²) in [6, 6.07) is 0. The Morgan fingerprint density at radius 2 is 2.20 bits per heavy atom. The largest absolute Gasteiger partial charge is 0.102 e. The average molecular weight is 134 g/mol. The molecule has 54 valence electrons. The van der Waals surface area contributed by atoms with Crippen LogP contribution in [-0.2, 0) is 0 Å². The second kappa shape index (κ2) is 6.16. The van der Waals surface area contributed by atoms with Crippen molar-refractivity contribution in [3.8, 4) is 11.8 Å². The van der Waals surface area contributed by atoms with Crippen LogP contribution >= 0.6 is 0 Å². The smallest absolute Gasteiger partial charge is 0.0296 e. The zero-order valence-corrected chi connectivity index (χ0v) is 6.78. The van der Waals surface area contributed by atoms with Gasteiger partial charge in [-0.15, -0.1) is 6.58 Å². The Morgan fingerprint density at radius 1 is 1.50 bits per heavy atom. The quantitative estimate of drug-likeness (QED) is 0.402. The van der Waals surface area contributed by atoms with Gasteiger partial charge in [-0.1, -0.05) is 29.6 Å². The molecule has 0 bridgehead atoms. The fourth-order valence-corrected chi connectivity index (χ4v) is 0.448. The van der Waals surface area contributed by atoms with Crippen molar-refractivity contribution in [1.29, 1.82) is 0 Å². The molecule has 0 rings (SSSR count). The van der Waals surface area contributed by atoms with E-state index in [9.17, 15) is 0 Å². The Hall–Kier alpha value is -0.960. The van der Waals surface area contributed by atoms with E-state index in [1.807, 2.05) is 13.0 Å². The van der Waals surface area contributed by atoms with Gasteiger partial charge in [0.15, 0.2) is 0 Å². The van der Waals surface area contributed by atoms with Crippen LogP contribution < -0.4 is 0 Å². The van der Waals surface area contributed by atoms with E-state index in [1.165, 1.54) is 5.57 Å². The van der Waals surface area contributed by atoms with Gasteiger partial charge in [0.1, 0.15) is 0 Å². The van der Waals surface area contributed by atoms with Crippen LogP contribution in [0.4, 0.5) is 0 Å². The van der Waals surface area contributed by atoms with E-state index in [-0.39, 0.29) is 0 Å². The summed E-state index contributed by atoms with van der Waals surface area (Å²) in [5.74, 6) is 6.04. The molecule has 0 aliphatic carbocycles. The Balaban J connectivity index is 3.55. The Labute approximate surface area is 63.6 Å². The molecule has 0 aromatic heterocycles. The van der Waals surface area contributed by atoms with Crippen molar-refractivity contribution < 1.29 is 0 Å². The number of hydrogen-bond acceptors (Lipinski definition) is 0. The highest BCUT2D eigenvalue weighted by molar-refractivity contribution is 5.12. The minimum absolute atomic E-state index is 0.803. The minimum atomic E-state index is 0.803. The molecule has 0 aliphatic rings. The first-order valence-electron chi connectivity index (χ1n) is 3.49. The van der Waals surface area contributed by atoms with Gasteiger partial charge in [-0.3, -0.25) is 0 Å². The topological polar surface area (TPSA) is 0 Å². The molecule has 0 saturated heterocycles. The number of hydrogen-bond donors (Lipinski definition) is 0. The molecule has 0 aromatic rings. The lowest BCUT2D eigenvalue weighted by Gasteiger charge is -1.86. The summed E-state index contributed by atoms with van der Waals surface area (Å²) in [4.78, 5) is 0. The molecule has 0 saturated carbocycles. The summed E-state index contributed by atoms with van der Waals surface area (Å²) in [5.41, 5.74) is 1.33. The average Bonchev–Trinajstić information content (AvgIpc) is 1.98. The lowest BCUT2D eigenvalue weighted by Crippen LogP contribution is -1.70. The van der Waals surface area contributed by atoms with Gasteiger partial charge in [0.25, 0.3) is 0 Å². The minimum Gasteiger partial charge on any atom is -0.102 e. The number of allylic oxidation sites excluding steroid dienone is 3. The van der Waals surface area contributed by atoms with Crippen LogP contribution in [0.15, 0.2) is 24.3 Å². The Bertz CT molecular complexity index is 174. The maximum absolute atomic E-state index is 3.58. The molecule has 0 radical (unpaired) electrons. The van der Waals surface area contributed by atoms with E-state index >= 15 is 0 Å². The van der Waals surface area contributed by atoms with Gasteiger partial charge in [0.05, 0.1) is 0 Å². The van der Waals surface area contributed by atoms with Crippen LogP contribution in [0, 0.1) is 11.8 Å². The highest BCUT2D eigenvalue weighted by Gasteiger charge is 1.78. The lowest BCUT2D eigenvalue weighted by molar-refractivity contribution is 1.23. The van der Waals surface area contributed by atoms with Gasteiger partial charge in [-0.2, -0.15) is 0 Å². The van der Waals surface area contributed by atoms with Gasteiger partial charge >= 0.3 is 0 Å². The summed E-state index contributed by atoms with van der Waals surface area (Å²) in [6.07, 6.45) is 5.60. The molecule has 0 nitrogen and oxygen atoms in total. The van der Waals surface area contributed by atoms with E-state index in [0.717, 1.165) is 12.8 Å². The summed E-state index contributed by atoms with van der Waals surface area (Å²) in [7, 11) is 0. The van der Waals surface area contributed by atoms with Crippen LogP contribution in [0.25, 0.3) is 0 Å². The Morgan fingerprint density at radius 3 is 2.70 bits per heavy atom. The van der Waals surface area contributed by atoms with Crippen LogP contribution in [0.3, 0.4) is 0 Å². The monoisotopic (exact) mass is 134 g/mol. The van der Waals surface area contributed by atoms with E-state index in [2.05, 4.69) is 31.4 Å². The van der Waals surface area contributed by atoms with Gasteiger partial charge in [-0.25, -0.2) is 0 Å². The van der Waals surface area contributed by atoms with Crippen molar-refractivity contribution in [2.75, 3.05) is 0 Å². The van der Waals surface area contributed by atoms with Crippen LogP contribution in [0.5, 0.6) is 0 Å². The SMILES string of the molecule is C=CCC#CC/C(C)=C\C. The van der Waals surface area contributed by atoms with Gasteiger partial charge in [0.2, 0.25) is 0 Å². The summed E-state index contributed by atoms with van der Waals surface area (Å²) in [6.45, 7) is 7.70. The molecule has 0 atom stereocenters. The molecular weight excluding hydrogens is 120 g/mol. The molecule has 0 aliphatic heterocycles. The second-order valence-electron chi connectivity index (χ2n) is 2.16. The zero-order chi connectivity index (χ0) is 7.82. The summed E-state index contributed by atoms with van der Waals surface area (Å²) >= 11 is 0. The first kappa shape index (κ1) is 9.04. The molecule has 10 heavy (non-hydrogen) atoms. The maximum atomic E-state index is 3.58. The van der Waals surface area contributed by atoms with Crippen molar-refractivity contribution in [3.63, 3.8) is 0 Å². The van der Waals surface area contributed by atoms with Gasteiger partial charge in [0, 0.05) is 12.8 Å². The van der Waals surface area contributed by atoms with Crippen LogP contribution in [0.2, 0.25) is 0 Å². The van der Waals surface area contributed by atoms with E-state index in [0.29, 0.717) is 0 Å². The summed E-state index contributed by atoms with van der Waals surface area (Å²) < 4.78 is 0. The third-order valence-electron chi connectivity index (χ3n) is 1.23. The highest BCUT2D eigenvalue weighted by Crippen LogP contribution is 1.95. The lowest BCUT2D eigenvalue weighted by atomic mass is 10.2. The molecular formula is C10H14. The van der Waals surface area contributed by atoms with Crippen molar-refractivity contribution in [2.45, 2.75) is 26.7 Å². The molecule has 0 unspecified atom stereocenters. The van der Waals surface area contributed by atoms with Crippen molar-refractivity contribution in [1.82, 2.24) is 0 Å². The Kier molecular flexibility index (Phi) is 5.57. The normalized spacial score (nSPS) is 10.0. The maximum Gasteiger partial charge on any atom is 0.0296 e. The molecule has 0 N–H and O–H groups in total. The van der Waals surface area contributed by atoms with Crippen LogP contribution in [0.1, 0.15) is 26.7 Å². The molecule has 0 heteroatoms. The fraction of sp³-hybridized carbons (Fsp3) is 0.400. The first-order valence-corrected chi connectivity index (χ1v) is 3.49. The van der Waals surface area contributed by atoms with Crippen molar-refractivity contribution in [2.24, 2.45) is 0 Å². The molecule has 0 aromatic carbocycles. The van der Waals surface area contributed by atoms with Crippen molar-refractivity contribution in [3.05, 3.63) is 24.3 Å². The van der Waals surface area contributed by atoms with E-state index in [4.69, 9.17) is 0 Å². The third kappa shape index (κ3) is 5.18. The molecule has 0 spiro atoms. The number of rotatable bonds is 2. The molecule has 0 fully saturated rings. The van der Waals surface area contributed by atoms with Gasteiger partial charge < -0.3 is 0 Å². The second-order valence-corrected chi connectivity index (χ2v) is 2.16. The molecule has 0 amide bonds. The van der Waals surface area contributed by atoms with Crippen molar-refractivity contribution >= 4 is 0 Å². The van der Waals surface area contributed by atoms with E-state index < -0.39 is 0 Å². The van der Waals surface area contributed by atoms with E-state index in [1.54, 1.807) is 0 Å². The zero-order valence-electron chi connectivity index (χ0n) is 6.78. The van der Waals surface area contributed by atoms with Crippen LogP contribution in [-0.4, -0.2) is 0 Å². The third-order valence-corrected chi connectivity index (χ3v) is 1.23. The van der Waals surface area contributed by atoms with Gasteiger partial charge in [-0.05, 0) is 13.8 Å². The predicted molar refractivity (Wildman–Crippen MR) is 46.6 cm³/mol. The molecule has 0 heterocycles.